The largest absolute Gasteiger partial charge is 0.456 e. The van der Waals surface area contributed by atoms with E-state index in [4.69, 9.17) is 16.3 Å². The van der Waals surface area contributed by atoms with Crippen LogP contribution in [0.4, 0.5) is 5.69 Å². The number of ketones is 1. The first-order chi connectivity index (χ1) is 14.0. The quantitative estimate of drug-likeness (QED) is 0.308. The van der Waals surface area contributed by atoms with Crippen LogP contribution >= 0.6 is 11.6 Å². The molecule has 1 amide bonds. The van der Waals surface area contributed by atoms with Gasteiger partial charge in [0.05, 0.1) is 4.92 Å². The Kier molecular flexibility index (Phi) is 7.28. The van der Waals surface area contributed by atoms with Crippen molar-refractivity contribution in [1.29, 1.82) is 0 Å². The van der Waals surface area contributed by atoms with Gasteiger partial charge in [0.15, 0.2) is 12.4 Å². The SMILES string of the molecule is CC(C)(C)c1ccc(C(=O)COC(=O)CNC(=O)c2ccc(Cl)c([N+](=O)[O-])c2)cc1. The second kappa shape index (κ2) is 9.49. The lowest BCUT2D eigenvalue weighted by molar-refractivity contribution is -0.384. The van der Waals surface area contributed by atoms with Crippen molar-refractivity contribution < 1.29 is 24.0 Å². The molecule has 0 heterocycles. The molecule has 0 aromatic heterocycles. The number of esters is 1. The van der Waals surface area contributed by atoms with E-state index in [2.05, 4.69) is 26.1 Å². The van der Waals surface area contributed by atoms with Crippen molar-refractivity contribution in [2.24, 2.45) is 0 Å². The average Bonchev–Trinajstić information content (AvgIpc) is 2.69. The number of benzene rings is 2. The van der Waals surface area contributed by atoms with Crippen LogP contribution in [0, 0.1) is 10.1 Å². The van der Waals surface area contributed by atoms with Gasteiger partial charge in [-0.1, -0.05) is 56.6 Å². The van der Waals surface area contributed by atoms with Crippen molar-refractivity contribution >= 4 is 34.9 Å². The normalized spacial score (nSPS) is 10.9. The highest BCUT2D eigenvalue weighted by atomic mass is 35.5. The molecule has 8 nitrogen and oxygen atoms in total. The number of amides is 1. The van der Waals surface area contributed by atoms with Gasteiger partial charge in [-0.15, -0.1) is 0 Å². The molecule has 0 bridgehead atoms. The standard InChI is InChI=1S/C21H21ClN2O6/c1-21(2,3)15-7-4-13(5-8-15)18(25)12-30-19(26)11-23-20(27)14-6-9-16(22)17(10-14)24(28)29/h4-10H,11-12H2,1-3H3,(H,23,27). The van der Waals surface area contributed by atoms with Crippen molar-refractivity contribution in [2.75, 3.05) is 13.2 Å². The van der Waals surface area contributed by atoms with Crippen LogP contribution in [0.15, 0.2) is 42.5 Å². The molecule has 158 valence electrons. The van der Waals surface area contributed by atoms with Gasteiger partial charge in [-0.05, 0) is 23.1 Å². The van der Waals surface area contributed by atoms with Crippen LogP contribution in [-0.2, 0) is 14.9 Å². The fourth-order valence-electron chi connectivity index (χ4n) is 2.48. The Morgan fingerprint density at radius 1 is 1.07 bits per heavy atom. The van der Waals surface area contributed by atoms with E-state index in [0.717, 1.165) is 11.6 Å². The molecule has 0 spiro atoms. The highest BCUT2D eigenvalue weighted by Crippen LogP contribution is 2.25. The van der Waals surface area contributed by atoms with E-state index in [1.165, 1.54) is 12.1 Å². The van der Waals surface area contributed by atoms with E-state index in [-0.39, 0.29) is 21.8 Å². The second-order valence-corrected chi connectivity index (χ2v) is 7.92. The van der Waals surface area contributed by atoms with Gasteiger partial charge >= 0.3 is 5.97 Å². The lowest BCUT2D eigenvalue weighted by Crippen LogP contribution is -2.31. The first-order valence-corrected chi connectivity index (χ1v) is 9.38. The molecule has 0 aliphatic rings. The number of nitrogens with zero attached hydrogens (tertiary/aromatic N) is 1. The molecule has 1 N–H and O–H groups in total. The number of nitro groups is 1. The van der Waals surface area contributed by atoms with Crippen LogP contribution in [-0.4, -0.2) is 35.7 Å². The highest BCUT2D eigenvalue weighted by Gasteiger charge is 2.18. The highest BCUT2D eigenvalue weighted by molar-refractivity contribution is 6.32. The smallest absolute Gasteiger partial charge is 0.325 e. The Morgan fingerprint density at radius 2 is 1.67 bits per heavy atom. The third-order valence-corrected chi connectivity index (χ3v) is 4.56. The minimum Gasteiger partial charge on any atom is -0.456 e. The van der Waals surface area contributed by atoms with Gasteiger partial charge in [0.25, 0.3) is 11.6 Å². The number of carbonyl (C=O) groups excluding carboxylic acids is 3. The summed E-state index contributed by atoms with van der Waals surface area (Å²) in [4.78, 5) is 46.2. The first-order valence-electron chi connectivity index (χ1n) is 9.00. The summed E-state index contributed by atoms with van der Waals surface area (Å²) >= 11 is 5.70. The number of ether oxygens (including phenoxy) is 1. The van der Waals surface area contributed by atoms with E-state index in [1.807, 2.05) is 12.1 Å². The molecule has 2 aromatic rings. The molecule has 30 heavy (non-hydrogen) atoms. The van der Waals surface area contributed by atoms with Crippen molar-refractivity contribution in [3.05, 3.63) is 74.3 Å². The number of carbonyl (C=O) groups is 3. The predicted octanol–water partition coefficient (Wildman–Crippen LogP) is 3.70. The van der Waals surface area contributed by atoms with Gasteiger partial charge < -0.3 is 10.1 Å². The van der Waals surface area contributed by atoms with E-state index in [0.29, 0.717) is 5.56 Å². The average molecular weight is 433 g/mol. The third-order valence-electron chi connectivity index (χ3n) is 4.24. The number of Topliss-reactive ketones (excluding diaryl/α,β-unsaturated/α-hetero) is 1. The minimum absolute atomic E-state index is 0.0334. The number of hydrogen-bond acceptors (Lipinski definition) is 6. The van der Waals surface area contributed by atoms with Crippen LogP contribution in [0.1, 0.15) is 47.1 Å². The molecule has 2 rings (SSSR count). The van der Waals surface area contributed by atoms with Crippen molar-refractivity contribution in [3.8, 4) is 0 Å². The monoisotopic (exact) mass is 432 g/mol. The molecular weight excluding hydrogens is 412 g/mol. The lowest BCUT2D eigenvalue weighted by Gasteiger charge is -2.18. The maximum Gasteiger partial charge on any atom is 0.325 e. The second-order valence-electron chi connectivity index (χ2n) is 7.52. The van der Waals surface area contributed by atoms with Crippen LogP contribution in [0.5, 0.6) is 0 Å². The molecule has 0 atom stereocenters. The number of nitrogens with one attached hydrogen (secondary N) is 1. The molecule has 0 unspecified atom stereocenters. The van der Waals surface area contributed by atoms with Gasteiger partial charge in [-0.2, -0.15) is 0 Å². The fourth-order valence-corrected chi connectivity index (χ4v) is 2.67. The Hall–Kier alpha value is -3.26. The molecule has 0 radical (unpaired) electrons. The maximum absolute atomic E-state index is 12.2. The molecular formula is C21H21ClN2O6. The summed E-state index contributed by atoms with van der Waals surface area (Å²) in [6.45, 7) is 5.22. The van der Waals surface area contributed by atoms with Gasteiger partial charge in [0.2, 0.25) is 0 Å². The summed E-state index contributed by atoms with van der Waals surface area (Å²) in [5.41, 5.74) is 0.981. The molecule has 0 fully saturated rings. The van der Waals surface area contributed by atoms with Crippen molar-refractivity contribution in [1.82, 2.24) is 5.32 Å². The summed E-state index contributed by atoms with van der Waals surface area (Å²) < 4.78 is 4.89. The Morgan fingerprint density at radius 3 is 2.23 bits per heavy atom. The molecule has 0 aliphatic heterocycles. The molecule has 9 heteroatoms. The van der Waals surface area contributed by atoms with E-state index in [9.17, 15) is 24.5 Å². The van der Waals surface area contributed by atoms with E-state index in [1.54, 1.807) is 12.1 Å². The molecule has 0 saturated heterocycles. The zero-order valence-corrected chi connectivity index (χ0v) is 17.5. The molecule has 2 aromatic carbocycles. The number of rotatable bonds is 7. The zero-order valence-electron chi connectivity index (χ0n) is 16.7. The minimum atomic E-state index is -0.813. The fraction of sp³-hybridized carbons (Fsp3) is 0.286. The lowest BCUT2D eigenvalue weighted by atomic mass is 9.86. The van der Waals surface area contributed by atoms with Gasteiger partial charge in [-0.3, -0.25) is 24.5 Å². The zero-order chi connectivity index (χ0) is 22.5. The third kappa shape index (κ3) is 6.12. The van der Waals surface area contributed by atoms with Crippen molar-refractivity contribution in [3.63, 3.8) is 0 Å². The Bertz CT molecular complexity index is 980. The van der Waals surface area contributed by atoms with Crippen LogP contribution in [0.25, 0.3) is 0 Å². The van der Waals surface area contributed by atoms with Crippen LogP contribution in [0.3, 0.4) is 0 Å². The topological polar surface area (TPSA) is 116 Å². The number of hydrogen-bond donors (Lipinski definition) is 1. The van der Waals surface area contributed by atoms with Crippen LogP contribution < -0.4 is 5.32 Å². The van der Waals surface area contributed by atoms with Crippen molar-refractivity contribution in [2.45, 2.75) is 26.2 Å². The van der Waals surface area contributed by atoms with Gasteiger partial charge in [0, 0.05) is 17.2 Å². The Labute approximate surface area is 178 Å². The number of nitro benzene ring substituents is 1. The summed E-state index contributed by atoms with van der Waals surface area (Å²) in [6.07, 6.45) is 0. The summed E-state index contributed by atoms with van der Waals surface area (Å²) in [5.74, 6) is -1.90. The summed E-state index contributed by atoms with van der Waals surface area (Å²) in [7, 11) is 0. The van der Waals surface area contributed by atoms with E-state index >= 15 is 0 Å². The summed E-state index contributed by atoms with van der Waals surface area (Å²) in [5, 5.41) is 13.1. The predicted molar refractivity (Wildman–Crippen MR) is 111 cm³/mol. The first kappa shape index (κ1) is 23.0. The van der Waals surface area contributed by atoms with Gasteiger partial charge in [0.1, 0.15) is 11.6 Å². The number of halogens is 1. The van der Waals surface area contributed by atoms with Gasteiger partial charge in [-0.25, -0.2) is 0 Å². The molecule has 0 aliphatic carbocycles. The maximum atomic E-state index is 12.2. The summed E-state index contributed by atoms with van der Waals surface area (Å²) in [6, 6.07) is 10.6. The van der Waals surface area contributed by atoms with E-state index < -0.39 is 35.6 Å². The van der Waals surface area contributed by atoms with Crippen LogP contribution in [0.2, 0.25) is 5.02 Å². The Balaban J connectivity index is 1.86. The molecule has 0 saturated carbocycles.